The topological polar surface area (TPSA) is 41.6 Å². The molecule has 5 heteroatoms. The predicted octanol–water partition coefficient (Wildman–Crippen LogP) is 1.93. The Labute approximate surface area is 118 Å². The zero-order chi connectivity index (χ0) is 14.5. The average molecular weight is 280 g/mol. The molecular weight excluding hydrogens is 259 g/mol. The Hall–Kier alpha value is -1.62. The second kappa shape index (κ2) is 6.70. The molecule has 1 N–H and O–H groups in total. The summed E-state index contributed by atoms with van der Waals surface area (Å²) in [5, 5.41) is 3.23. The van der Waals surface area contributed by atoms with Gasteiger partial charge in [0.15, 0.2) is 11.6 Å². The highest BCUT2D eigenvalue weighted by Crippen LogP contribution is 2.19. The van der Waals surface area contributed by atoms with Gasteiger partial charge in [-0.2, -0.15) is 0 Å². The molecule has 0 aliphatic carbocycles. The van der Waals surface area contributed by atoms with E-state index in [9.17, 15) is 9.18 Å². The first-order valence-corrected chi connectivity index (χ1v) is 6.92. The SMILES string of the molecule is COc1ccc(CN(C)C(=O)[C@H]2CCCCN2)cc1F. The fourth-order valence-electron chi connectivity index (χ4n) is 2.49. The summed E-state index contributed by atoms with van der Waals surface area (Å²) in [5.74, 6) is -0.112. The Morgan fingerprint density at radius 1 is 1.50 bits per heavy atom. The van der Waals surface area contributed by atoms with Crippen molar-refractivity contribution in [3.8, 4) is 5.75 Å². The lowest BCUT2D eigenvalue weighted by atomic mass is 10.0. The Morgan fingerprint density at radius 3 is 2.90 bits per heavy atom. The molecule has 110 valence electrons. The van der Waals surface area contributed by atoms with Crippen molar-refractivity contribution >= 4 is 5.91 Å². The first-order chi connectivity index (χ1) is 9.61. The zero-order valence-corrected chi connectivity index (χ0v) is 12.0. The molecule has 2 rings (SSSR count). The van der Waals surface area contributed by atoms with Gasteiger partial charge in [-0.15, -0.1) is 0 Å². The van der Waals surface area contributed by atoms with Crippen LogP contribution in [0, 0.1) is 5.82 Å². The highest BCUT2D eigenvalue weighted by molar-refractivity contribution is 5.81. The van der Waals surface area contributed by atoms with Crippen molar-refractivity contribution in [2.24, 2.45) is 0 Å². The fourth-order valence-corrected chi connectivity index (χ4v) is 2.49. The van der Waals surface area contributed by atoms with Crippen LogP contribution in [-0.2, 0) is 11.3 Å². The number of carbonyl (C=O) groups is 1. The smallest absolute Gasteiger partial charge is 0.239 e. The van der Waals surface area contributed by atoms with E-state index in [1.54, 1.807) is 24.1 Å². The third-order valence-corrected chi connectivity index (χ3v) is 3.62. The van der Waals surface area contributed by atoms with Crippen molar-refractivity contribution in [1.29, 1.82) is 0 Å². The number of benzene rings is 1. The molecule has 1 amide bonds. The number of methoxy groups -OCH3 is 1. The summed E-state index contributed by atoms with van der Waals surface area (Å²) in [7, 11) is 3.18. The number of carbonyl (C=O) groups excluding carboxylic acids is 1. The molecule has 1 aliphatic heterocycles. The van der Waals surface area contributed by atoms with Gasteiger partial charge in [0.2, 0.25) is 5.91 Å². The molecule has 0 radical (unpaired) electrons. The summed E-state index contributed by atoms with van der Waals surface area (Å²) in [6.07, 6.45) is 3.08. The van der Waals surface area contributed by atoms with Crippen LogP contribution in [0.1, 0.15) is 24.8 Å². The van der Waals surface area contributed by atoms with Gasteiger partial charge in [0.25, 0.3) is 0 Å². The summed E-state index contributed by atoms with van der Waals surface area (Å²) in [5.41, 5.74) is 0.759. The second-order valence-electron chi connectivity index (χ2n) is 5.17. The van der Waals surface area contributed by atoms with Crippen LogP contribution in [0.4, 0.5) is 4.39 Å². The molecular formula is C15H21FN2O2. The van der Waals surface area contributed by atoms with Crippen LogP contribution in [-0.4, -0.2) is 37.6 Å². The van der Waals surface area contributed by atoms with Crippen LogP contribution >= 0.6 is 0 Å². The van der Waals surface area contributed by atoms with E-state index in [-0.39, 0.29) is 17.7 Å². The molecule has 0 saturated carbocycles. The van der Waals surface area contributed by atoms with E-state index in [2.05, 4.69) is 5.32 Å². The second-order valence-corrected chi connectivity index (χ2v) is 5.17. The third kappa shape index (κ3) is 3.48. The molecule has 1 fully saturated rings. The highest BCUT2D eigenvalue weighted by atomic mass is 19.1. The Bertz CT molecular complexity index is 473. The van der Waals surface area contributed by atoms with Crippen molar-refractivity contribution < 1.29 is 13.9 Å². The Kier molecular flexibility index (Phi) is 4.95. The van der Waals surface area contributed by atoms with Crippen molar-refractivity contribution in [2.75, 3.05) is 20.7 Å². The fraction of sp³-hybridized carbons (Fsp3) is 0.533. The van der Waals surface area contributed by atoms with Crippen molar-refractivity contribution in [3.05, 3.63) is 29.6 Å². The van der Waals surface area contributed by atoms with Crippen molar-refractivity contribution in [1.82, 2.24) is 10.2 Å². The summed E-state index contributed by atoms with van der Waals surface area (Å²) in [6.45, 7) is 1.29. The van der Waals surface area contributed by atoms with Gasteiger partial charge in [-0.3, -0.25) is 4.79 Å². The molecule has 1 atom stereocenters. The van der Waals surface area contributed by atoms with Crippen LogP contribution in [0.5, 0.6) is 5.75 Å². The number of likely N-dealkylation sites (N-methyl/N-ethyl adjacent to an activating group) is 1. The molecule has 1 aromatic carbocycles. The first kappa shape index (κ1) is 14.8. The molecule has 0 spiro atoms. The van der Waals surface area contributed by atoms with E-state index >= 15 is 0 Å². The molecule has 20 heavy (non-hydrogen) atoms. The number of hydrogen-bond donors (Lipinski definition) is 1. The molecule has 1 heterocycles. The molecule has 4 nitrogen and oxygen atoms in total. The van der Waals surface area contributed by atoms with Gasteiger partial charge in [-0.1, -0.05) is 12.5 Å². The van der Waals surface area contributed by atoms with Crippen molar-refractivity contribution in [3.63, 3.8) is 0 Å². The maximum atomic E-state index is 13.6. The van der Waals surface area contributed by atoms with Crippen LogP contribution in [0.3, 0.4) is 0 Å². The summed E-state index contributed by atoms with van der Waals surface area (Å²) in [6, 6.07) is 4.68. The number of nitrogens with zero attached hydrogens (tertiary/aromatic N) is 1. The third-order valence-electron chi connectivity index (χ3n) is 3.62. The summed E-state index contributed by atoms with van der Waals surface area (Å²) < 4.78 is 18.5. The van der Waals surface area contributed by atoms with Crippen molar-refractivity contribution in [2.45, 2.75) is 31.8 Å². The van der Waals surface area contributed by atoms with E-state index in [4.69, 9.17) is 4.74 Å². The van der Waals surface area contributed by atoms with E-state index < -0.39 is 5.82 Å². The normalized spacial score (nSPS) is 18.6. The first-order valence-electron chi connectivity index (χ1n) is 6.92. The summed E-state index contributed by atoms with van der Waals surface area (Å²) >= 11 is 0. The standard InChI is InChI=1S/C15H21FN2O2/c1-18(15(19)13-5-3-4-8-17-13)10-11-6-7-14(20-2)12(16)9-11/h6-7,9,13,17H,3-5,8,10H2,1-2H3/t13-/m1/s1. The Morgan fingerprint density at radius 2 is 2.30 bits per heavy atom. The van der Waals surface area contributed by atoms with Gasteiger partial charge in [-0.25, -0.2) is 4.39 Å². The number of halogens is 1. The molecule has 0 unspecified atom stereocenters. The predicted molar refractivity (Wildman–Crippen MR) is 75.1 cm³/mol. The number of ether oxygens (including phenoxy) is 1. The van der Waals surface area contributed by atoms with Crippen LogP contribution in [0.15, 0.2) is 18.2 Å². The monoisotopic (exact) mass is 280 g/mol. The number of piperidine rings is 1. The average Bonchev–Trinajstić information content (AvgIpc) is 2.47. The largest absolute Gasteiger partial charge is 0.494 e. The lowest BCUT2D eigenvalue weighted by Crippen LogP contribution is -2.46. The van der Waals surface area contributed by atoms with E-state index in [0.717, 1.165) is 31.4 Å². The minimum Gasteiger partial charge on any atom is -0.494 e. The zero-order valence-electron chi connectivity index (χ0n) is 12.0. The van der Waals surface area contributed by atoms with Crippen LogP contribution in [0.25, 0.3) is 0 Å². The lowest BCUT2D eigenvalue weighted by molar-refractivity contribution is -0.133. The number of hydrogen-bond acceptors (Lipinski definition) is 3. The van der Waals surface area contributed by atoms with Crippen LogP contribution < -0.4 is 10.1 Å². The van der Waals surface area contributed by atoms with Gasteiger partial charge < -0.3 is 15.0 Å². The maximum Gasteiger partial charge on any atom is 0.239 e. The van der Waals surface area contributed by atoms with Gasteiger partial charge in [0.05, 0.1) is 13.2 Å². The minimum absolute atomic E-state index is 0.0703. The van der Waals surface area contributed by atoms with E-state index in [0.29, 0.717) is 6.54 Å². The molecule has 1 aliphatic rings. The maximum absolute atomic E-state index is 13.6. The minimum atomic E-state index is -0.401. The summed E-state index contributed by atoms with van der Waals surface area (Å²) in [4.78, 5) is 13.9. The van der Waals surface area contributed by atoms with Gasteiger partial charge >= 0.3 is 0 Å². The number of nitrogens with one attached hydrogen (secondary N) is 1. The van der Waals surface area contributed by atoms with Gasteiger partial charge in [-0.05, 0) is 37.1 Å². The molecule has 0 aromatic heterocycles. The highest BCUT2D eigenvalue weighted by Gasteiger charge is 2.23. The Balaban J connectivity index is 1.98. The van der Waals surface area contributed by atoms with E-state index in [1.807, 2.05) is 0 Å². The van der Waals surface area contributed by atoms with Gasteiger partial charge in [0, 0.05) is 13.6 Å². The molecule has 0 bridgehead atoms. The number of amides is 1. The quantitative estimate of drug-likeness (QED) is 0.916. The number of rotatable bonds is 4. The molecule has 1 aromatic rings. The van der Waals surface area contributed by atoms with Crippen LogP contribution in [0.2, 0.25) is 0 Å². The lowest BCUT2D eigenvalue weighted by Gasteiger charge is -2.27. The van der Waals surface area contributed by atoms with Gasteiger partial charge in [0.1, 0.15) is 0 Å². The molecule has 1 saturated heterocycles. The van der Waals surface area contributed by atoms with E-state index in [1.165, 1.54) is 13.2 Å².